The van der Waals surface area contributed by atoms with Crippen LogP contribution in [0.5, 0.6) is 0 Å². The third-order valence-electron chi connectivity index (χ3n) is 4.71. The zero-order valence-electron chi connectivity index (χ0n) is 13.7. The molecule has 7 heteroatoms. The molecule has 128 valence electrons. The minimum Gasteiger partial charge on any atom is -0.384 e. The van der Waals surface area contributed by atoms with Crippen molar-refractivity contribution in [2.24, 2.45) is 5.41 Å². The van der Waals surface area contributed by atoms with Crippen LogP contribution >= 0.6 is 0 Å². The van der Waals surface area contributed by atoms with E-state index in [1.54, 1.807) is 7.11 Å². The normalized spacial score (nSPS) is 16.9. The summed E-state index contributed by atoms with van der Waals surface area (Å²) in [5.41, 5.74) is 1.28. The molecule has 0 atom stereocenters. The van der Waals surface area contributed by atoms with E-state index in [1.165, 1.54) is 6.20 Å². The molecule has 1 aromatic carbocycles. The van der Waals surface area contributed by atoms with E-state index < -0.39 is 0 Å². The number of ether oxygens (including phenoxy) is 1. The highest BCUT2D eigenvalue weighted by Crippen LogP contribution is 2.35. The number of nitrogens with one attached hydrogen (secondary N) is 2. The molecule has 0 unspecified atom stereocenters. The number of hydrogen-bond acceptors (Lipinski definition) is 6. The van der Waals surface area contributed by atoms with Gasteiger partial charge in [0.05, 0.1) is 17.0 Å². The number of methoxy groups -OCH3 is 1. The Kier molecular flexibility index (Phi) is 4.92. The molecule has 0 amide bonds. The van der Waals surface area contributed by atoms with Crippen molar-refractivity contribution in [3.05, 3.63) is 40.6 Å². The van der Waals surface area contributed by atoms with Gasteiger partial charge in [0, 0.05) is 24.5 Å². The minimum absolute atomic E-state index is 0.00945. The lowest BCUT2D eigenvalue weighted by Crippen LogP contribution is -2.44. The Hall–Kier alpha value is -2.25. The highest BCUT2D eigenvalue weighted by molar-refractivity contribution is 5.95. The standard InChI is InChI=1S/C17H22N4O3/c1-24-12-17(6-8-18-9-7-17)11-20-16-13-4-2-3-5-14(13)19-10-15(16)21(22)23/h2-5,10,18H,6-9,11-12H2,1H3,(H,19,20). The number of fused-ring (bicyclic) bond motifs is 1. The van der Waals surface area contributed by atoms with Crippen LogP contribution in [0.4, 0.5) is 11.4 Å². The molecule has 1 aliphatic heterocycles. The van der Waals surface area contributed by atoms with Gasteiger partial charge >= 0.3 is 5.69 Å². The van der Waals surface area contributed by atoms with Gasteiger partial charge in [0.25, 0.3) is 0 Å². The number of pyridine rings is 1. The van der Waals surface area contributed by atoms with Gasteiger partial charge in [0.2, 0.25) is 0 Å². The van der Waals surface area contributed by atoms with Crippen LogP contribution in [0.15, 0.2) is 30.5 Å². The van der Waals surface area contributed by atoms with Gasteiger partial charge in [-0.3, -0.25) is 10.1 Å². The Morgan fingerprint density at radius 2 is 2.12 bits per heavy atom. The van der Waals surface area contributed by atoms with E-state index in [0.29, 0.717) is 18.8 Å². The van der Waals surface area contributed by atoms with Gasteiger partial charge in [0.1, 0.15) is 11.9 Å². The Morgan fingerprint density at radius 1 is 1.38 bits per heavy atom. The smallest absolute Gasteiger partial charge is 0.311 e. The van der Waals surface area contributed by atoms with E-state index in [-0.39, 0.29) is 16.0 Å². The lowest BCUT2D eigenvalue weighted by atomic mass is 9.79. The fraction of sp³-hybridized carbons (Fsp3) is 0.471. The van der Waals surface area contributed by atoms with Crippen LogP contribution in [-0.2, 0) is 4.74 Å². The number of rotatable bonds is 6. The molecule has 1 saturated heterocycles. The van der Waals surface area contributed by atoms with Crippen molar-refractivity contribution in [2.45, 2.75) is 12.8 Å². The van der Waals surface area contributed by atoms with Gasteiger partial charge in [-0.2, -0.15) is 0 Å². The van der Waals surface area contributed by atoms with E-state index >= 15 is 0 Å². The molecule has 0 radical (unpaired) electrons. The van der Waals surface area contributed by atoms with Gasteiger partial charge in [-0.15, -0.1) is 0 Å². The molecule has 0 spiro atoms. The minimum atomic E-state index is -0.382. The number of para-hydroxylation sites is 1. The maximum absolute atomic E-state index is 11.4. The third-order valence-corrected chi connectivity index (χ3v) is 4.71. The average molecular weight is 330 g/mol. The summed E-state index contributed by atoms with van der Waals surface area (Å²) in [4.78, 5) is 15.2. The largest absolute Gasteiger partial charge is 0.384 e. The maximum atomic E-state index is 11.4. The Bertz CT molecular complexity index is 723. The second kappa shape index (κ2) is 7.11. The first-order chi connectivity index (χ1) is 11.7. The first-order valence-electron chi connectivity index (χ1n) is 8.11. The fourth-order valence-corrected chi connectivity index (χ4v) is 3.37. The van der Waals surface area contributed by atoms with Gasteiger partial charge in [0.15, 0.2) is 0 Å². The molecular weight excluding hydrogens is 308 g/mol. The van der Waals surface area contributed by atoms with E-state index in [9.17, 15) is 10.1 Å². The molecule has 1 fully saturated rings. The lowest BCUT2D eigenvalue weighted by Gasteiger charge is -2.37. The van der Waals surface area contributed by atoms with Gasteiger partial charge in [-0.05, 0) is 32.0 Å². The van der Waals surface area contributed by atoms with Crippen LogP contribution < -0.4 is 10.6 Å². The lowest BCUT2D eigenvalue weighted by molar-refractivity contribution is -0.384. The molecule has 0 aliphatic carbocycles. The Labute approximate surface area is 140 Å². The molecule has 1 aromatic heterocycles. The zero-order valence-corrected chi connectivity index (χ0v) is 13.7. The molecule has 0 saturated carbocycles. The molecule has 2 aromatic rings. The van der Waals surface area contributed by atoms with Crippen LogP contribution in [0.25, 0.3) is 10.9 Å². The Morgan fingerprint density at radius 3 is 2.83 bits per heavy atom. The number of nitrogens with zero attached hydrogens (tertiary/aromatic N) is 2. The summed E-state index contributed by atoms with van der Waals surface area (Å²) < 4.78 is 5.42. The van der Waals surface area contributed by atoms with E-state index in [4.69, 9.17) is 4.74 Å². The highest BCUT2D eigenvalue weighted by Gasteiger charge is 2.33. The molecule has 2 N–H and O–H groups in total. The Balaban J connectivity index is 1.93. The SMILES string of the molecule is COCC1(CNc2c([N+](=O)[O-])cnc3ccccc23)CCNCC1. The quantitative estimate of drug-likeness (QED) is 0.625. The van der Waals surface area contributed by atoms with Crippen molar-refractivity contribution in [1.29, 1.82) is 0 Å². The third kappa shape index (κ3) is 3.32. The number of aromatic nitrogens is 1. The molecule has 0 bridgehead atoms. The summed E-state index contributed by atoms with van der Waals surface area (Å²) in [6.07, 6.45) is 3.28. The van der Waals surface area contributed by atoms with Crippen LogP contribution in [0, 0.1) is 15.5 Å². The van der Waals surface area contributed by atoms with E-state index in [2.05, 4.69) is 15.6 Å². The molecule has 24 heavy (non-hydrogen) atoms. The predicted octanol–water partition coefficient (Wildman–Crippen LogP) is 2.57. The monoisotopic (exact) mass is 330 g/mol. The summed E-state index contributed by atoms with van der Waals surface area (Å²) in [6, 6.07) is 7.47. The zero-order chi connectivity index (χ0) is 17.0. The van der Waals surface area contributed by atoms with Crippen molar-refractivity contribution in [3.63, 3.8) is 0 Å². The topological polar surface area (TPSA) is 89.3 Å². The van der Waals surface area contributed by atoms with Gasteiger partial charge < -0.3 is 15.4 Å². The van der Waals surface area contributed by atoms with Crippen LogP contribution in [0.1, 0.15) is 12.8 Å². The molecular formula is C17H22N4O3. The summed E-state index contributed by atoms with van der Waals surface area (Å²) in [7, 11) is 1.70. The summed E-state index contributed by atoms with van der Waals surface area (Å²) in [5.74, 6) is 0. The van der Waals surface area contributed by atoms with Gasteiger partial charge in [-0.1, -0.05) is 18.2 Å². The molecule has 3 rings (SSSR count). The molecule has 7 nitrogen and oxygen atoms in total. The second-order valence-corrected chi connectivity index (χ2v) is 6.33. The van der Waals surface area contributed by atoms with Crippen molar-refractivity contribution in [3.8, 4) is 0 Å². The highest BCUT2D eigenvalue weighted by atomic mass is 16.6. The average Bonchev–Trinajstić information content (AvgIpc) is 2.60. The van der Waals surface area contributed by atoms with Crippen LogP contribution in [-0.4, -0.2) is 43.3 Å². The first kappa shape index (κ1) is 16.6. The number of piperidine rings is 1. The van der Waals surface area contributed by atoms with Crippen LogP contribution in [0.3, 0.4) is 0 Å². The van der Waals surface area contributed by atoms with E-state index in [1.807, 2.05) is 24.3 Å². The van der Waals surface area contributed by atoms with Crippen molar-refractivity contribution < 1.29 is 9.66 Å². The van der Waals surface area contributed by atoms with Crippen molar-refractivity contribution >= 4 is 22.3 Å². The molecule has 2 heterocycles. The summed E-state index contributed by atoms with van der Waals surface area (Å²) in [6.45, 7) is 3.14. The number of benzene rings is 1. The summed E-state index contributed by atoms with van der Waals surface area (Å²) in [5, 5.41) is 18.9. The number of nitro groups is 1. The first-order valence-corrected chi connectivity index (χ1v) is 8.11. The number of hydrogen-bond donors (Lipinski definition) is 2. The maximum Gasteiger partial charge on any atom is 0.311 e. The van der Waals surface area contributed by atoms with Crippen LogP contribution in [0.2, 0.25) is 0 Å². The second-order valence-electron chi connectivity index (χ2n) is 6.33. The molecule has 1 aliphatic rings. The number of anilines is 1. The van der Waals surface area contributed by atoms with E-state index in [0.717, 1.165) is 36.8 Å². The van der Waals surface area contributed by atoms with Crippen molar-refractivity contribution in [2.75, 3.05) is 38.7 Å². The van der Waals surface area contributed by atoms with Gasteiger partial charge in [-0.25, -0.2) is 4.98 Å². The van der Waals surface area contributed by atoms with Crippen molar-refractivity contribution in [1.82, 2.24) is 10.3 Å². The summed E-state index contributed by atoms with van der Waals surface area (Å²) >= 11 is 0. The fourth-order valence-electron chi connectivity index (χ4n) is 3.37. The predicted molar refractivity (Wildman–Crippen MR) is 93.3 cm³/mol.